The molecule has 1 aliphatic rings. The first kappa shape index (κ1) is 25.3. The average Bonchev–Trinajstić information content (AvgIpc) is 2.78. The van der Waals surface area contributed by atoms with Crippen LogP contribution in [-0.2, 0) is 9.84 Å². The minimum atomic E-state index is -3.29. The van der Waals surface area contributed by atoms with Gasteiger partial charge in [-0.05, 0) is 56.0 Å². The zero-order valence-electron chi connectivity index (χ0n) is 19.8. The maximum absolute atomic E-state index is 12.7. The minimum Gasteiger partial charge on any atom is -0.490 e. The van der Waals surface area contributed by atoms with Gasteiger partial charge in [0, 0.05) is 55.3 Å². The predicted molar refractivity (Wildman–Crippen MR) is 135 cm³/mol. The molecule has 2 N–H and O–H groups in total. The highest BCUT2D eigenvalue weighted by molar-refractivity contribution is 7.90. The van der Waals surface area contributed by atoms with Gasteiger partial charge in [0.25, 0.3) is 5.56 Å². The van der Waals surface area contributed by atoms with E-state index < -0.39 is 9.84 Å². The predicted octanol–water partition coefficient (Wildman–Crippen LogP) is 3.27. The summed E-state index contributed by atoms with van der Waals surface area (Å²) >= 11 is 0. The Balaban J connectivity index is 1.72. The number of nitrogens with two attached hydrogens (primary N) is 1. The van der Waals surface area contributed by atoms with Crippen LogP contribution in [0.3, 0.4) is 0 Å². The number of pyridine rings is 1. The van der Waals surface area contributed by atoms with Crippen molar-refractivity contribution in [3.63, 3.8) is 0 Å². The summed E-state index contributed by atoms with van der Waals surface area (Å²) in [5.41, 5.74) is 5.69. The van der Waals surface area contributed by atoms with Gasteiger partial charge in [-0.2, -0.15) is 0 Å². The average molecular weight is 485 g/mol. The van der Waals surface area contributed by atoms with Crippen molar-refractivity contribution in [1.29, 1.82) is 0 Å². The molecule has 0 amide bonds. The lowest BCUT2D eigenvalue weighted by molar-refractivity contribution is 0.0390. The zero-order chi connectivity index (χ0) is 24.9. The molecule has 34 heavy (non-hydrogen) atoms. The molecule has 182 valence electrons. The van der Waals surface area contributed by atoms with Gasteiger partial charge in [-0.1, -0.05) is 13.5 Å². The van der Waals surface area contributed by atoms with E-state index in [-0.39, 0.29) is 28.6 Å². The Bertz CT molecular complexity index is 1230. The molecule has 1 fully saturated rings. The van der Waals surface area contributed by atoms with Gasteiger partial charge in [0.05, 0.1) is 4.90 Å². The summed E-state index contributed by atoms with van der Waals surface area (Å²) in [6, 6.07) is 9.81. The zero-order valence-corrected chi connectivity index (χ0v) is 20.6. The van der Waals surface area contributed by atoms with Crippen molar-refractivity contribution in [2.45, 2.75) is 56.2 Å². The van der Waals surface area contributed by atoms with Crippen molar-refractivity contribution in [3.05, 3.63) is 77.6 Å². The summed E-state index contributed by atoms with van der Waals surface area (Å²) in [6.07, 6.45) is 9.95. The topological polar surface area (TPSA) is 107 Å². The van der Waals surface area contributed by atoms with Crippen LogP contribution >= 0.6 is 0 Å². The van der Waals surface area contributed by atoms with Crippen LogP contribution in [0.4, 0.5) is 0 Å². The fourth-order valence-electron chi connectivity index (χ4n) is 4.33. The molecule has 0 bridgehead atoms. The summed E-state index contributed by atoms with van der Waals surface area (Å²) in [4.78, 5) is 19.5. The van der Waals surface area contributed by atoms with Gasteiger partial charge in [-0.25, -0.2) is 13.4 Å². The molecule has 0 saturated carbocycles. The van der Waals surface area contributed by atoms with Crippen molar-refractivity contribution in [2.24, 2.45) is 10.7 Å². The van der Waals surface area contributed by atoms with Crippen molar-refractivity contribution in [1.82, 2.24) is 9.47 Å². The monoisotopic (exact) mass is 484 g/mol. The second-order valence-corrected chi connectivity index (χ2v) is 10.5. The van der Waals surface area contributed by atoms with E-state index >= 15 is 0 Å². The Morgan fingerprint density at radius 2 is 1.97 bits per heavy atom. The molecular weight excluding hydrogens is 452 g/mol. The van der Waals surface area contributed by atoms with Gasteiger partial charge in [0.2, 0.25) is 0 Å². The molecule has 1 aliphatic heterocycles. The number of sulfone groups is 1. The maximum atomic E-state index is 12.7. The Morgan fingerprint density at radius 3 is 2.56 bits per heavy atom. The number of allylic oxidation sites excluding steroid dienone is 1. The normalized spacial score (nSPS) is 21.3. The van der Waals surface area contributed by atoms with Crippen molar-refractivity contribution in [3.8, 4) is 11.4 Å². The molecule has 3 rings (SSSR count). The third-order valence-electron chi connectivity index (χ3n) is 5.93. The standard InChI is InChI=1S/C25H32N4O4S/c1-5-20-16-23(15-18(2)29(20)19(3)27-13-6-12-26)33-22-11-14-28(25(30)17-22)21-7-9-24(10-8-21)34(4,31)32/h6-14,17-18,20,23H,3,5,15-16,26H2,1-2,4H3/b12-6-,27-13-/t18-,20-,23+/m1/s1. The Morgan fingerprint density at radius 1 is 1.26 bits per heavy atom. The summed E-state index contributed by atoms with van der Waals surface area (Å²) in [5, 5.41) is 0. The molecule has 1 aromatic heterocycles. The molecule has 9 heteroatoms. The molecule has 0 radical (unpaired) electrons. The molecule has 0 spiro atoms. The lowest BCUT2D eigenvalue weighted by Gasteiger charge is -2.44. The van der Waals surface area contributed by atoms with Crippen LogP contribution in [0.2, 0.25) is 0 Å². The number of hydrogen-bond donors (Lipinski definition) is 1. The third-order valence-corrected chi connectivity index (χ3v) is 7.06. The summed E-state index contributed by atoms with van der Waals surface area (Å²) in [7, 11) is -3.29. The number of ether oxygens (including phenoxy) is 1. The maximum Gasteiger partial charge on any atom is 0.258 e. The molecular formula is C25H32N4O4S. The van der Waals surface area contributed by atoms with E-state index in [1.807, 2.05) is 0 Å². The summed E-state index contributed by atoms with van der Waals surface area (Å²) < 4.78 is 31.0. The van der Waals surface area contributed by atoms with Crippen LogP contribution in [-0.4, -0.2) is 48.5 Å². The van der Waals surface area contributed by atoms with Crippen LogP contribution in [0, 0.1) is 0 Å². The smallest absolute Gasteiger partial charge is 0.258 e. The highest BCUT2D eigenvalue weighted by atomic mass is 32.2. The van der Waals surface area contributed by atoms with E-state index in [1.165, 1.54) is 29.0 Å². The summed E-state index contributed by atoms with van der Waals surface area (Å²) in [5.74, 6) is 1.21. The molecule has 2 heterocycles. The first-order valence-corrected chi connectivity index (χ1v) is 13.1. The Labute approximate surface area is 201 Å². The largest absolute Gasteiger partial charge is 0.490 e. The highest BCUT2D eigenvalue weighted by Crippen LogP contribution is 2.31. The molecule has 2 aromatic rings. The van der Waals surface area contributed by atoms with E-state index in [0.29, 0.717) is 17.3 Å². The Hall–Kier alpha value is -3.33. The van der Waals surface area contributed by atoms with E-state index in [4.69, 9.17) is 10.5 Å². The molecule has 8 nitrogen and oxygen atoms in total. The number of hydrogen-bond acceptors (Lipinski definition) is 7. The molecule has 0 unspecified atom stereocenters. The van der Waals surface area contributed by atoms with E-state index in [1.54, 1.807) is 36.7 Å². The quantitative estimate of drug-likeness (QED) is 0.577. The van der Waals surface area contributed by atoms with Gasteiger partial charge in [-0.15, -0.1) is 0 Å². The van der Waals surface area contributed by atoms with Crippen molar-refractivity contribution >= 4 is 16.1 Å². The van der Waals surface area contributed by atoms with Gasteiger partial charge in [0.1, 0.15) is 17.7 Å². The number of aliphatic imine (C=N–C) groups is 1. The summed E-state index contributed by atoms with van der Waals surface area (Å²) in [6.45, 7) is 8.36. The third kappa shape index (κ3) is 5.96. The number of nitrogens with zero attached hydrogens (tertiary/aromatic N) is 3. The lowest BCUT2D eigenvalue weighted by Crippen LogP contribution is -2.49. The van der Waals surface area contributed by atoms with Crippen molar-refractivity contribution < 1.29 is 13.2 Å². The number of aromatic nitrogens is 1. The number of piperidine rings is 1. The van der Waals surface area contributed by atoms with Gasteiger partial charge >= 0.3 is 0 Å². The van der Waals surface area contributed by atoms with Crippen LogP contribution < -0.4 is 16.0 Å². The molecule has 1 saturated heterocycles. The SMILES string of the molecule is C=C(/N=C\C=C/N)N1[C@H](CC)C[C@@H](Oc2ccn(-c3ccc(S(C)(=O)=O)cc3)c(=O)c2)C[C@H]1C. The van der Waals surface area contributed by atoms with Crippen LogP contribution in [0.25, 0.3) is 5.69 Å². The second kappa shape index (κ2) is 10.7. The Kier molecular flexibility index (Phi) is 7.98. The fourth-order valence-corrected chi connectivity index (χ4v) is 4.96. The molecule has 3 atom stereocenters. The molecule has 0 aliphatic carbocycles. The molecule has 1 aromatic carbocycles. The van der Waals surface area contributed by atoms with Gasteiger partial charge in [0.15, 0.2) is 9.84 Å². The number of likely N-dealkylation sites (tertiary alicyclic amines) is 1. The van der Waals surface area contributed by atoms with Crippen LogP contribution in [0.5, 0.6) is 5.75 Å². The minimum absolute atomic E-state index is 0.0405. The van der Waals surface area contributed by atoms with Crippen LogP contribution in [0.1, 0.15) is 33.1 Å². The first-order valence-electron chi connectivity index (χ1n) is 11.2. The van der Waals surface area contributed by atoms with E-state index in [2.05, 4.69) is 30.3 Å². The van der Waals surface area contributed by atoms with E-state index in [9.17, 15) is 13.2 Å². The van der Waals surface area contributed by atoms with Crippen LogP contribution in [0.15, 0.2) is 82.0 Å². The fraction of sp³-hybridized carbons (Fsp3) is 0.360. The highest BCUT2D eigenvalue weighted by Gasteiger charge is 2.34. The van der Waals surface area contributed by atoms with Crippen molar-refractivity contribution in [2.75, 3.05) is 6.26 Å². The number of benzene rings is 1. The van der Waals surface area contributed by atoms with E-state index in [0.717, 1.165) is 25.5 Å². The number of rotatable bonds is 8. The first-order chi connectivity index (χ1) is 16.1. The second-order valence-electron chi connectivity index (χ2n) is 8.45. The van der Waals surface area contributed by atoms with Gasteiger partial charge < -0.3 is 15.4 Å². The lowest BCUT2D eigenvalue weighted by atomic mass is 9.92. The van der Waals surface area contributed by atoms with Gasteiger partial charge in [-0.3, -0.25) is 9.36 Å².